The van der Waals surface area contributed by atoms with Gasteiger partial charge in [0, 0.05) is 19.5 Å². The van der Waals surface area contributed by atoms with Crippen LogP contribution in [0.2, 0.25) is 0 Å². The summed E-state index contributed by atoms with van der Waals surface area (Å²) in [5.74, 6) is -4.69. The Labute approximate surface area is 353 Å². The third kappa shape index (κ3) is 14.8. The van der Waals surface area contributed by atoms with Crippen molar-refractivity contribution >= 4 is 45.3 Å². The number of ether oxygens (including phenoxy) is 2. The van der Waals surface area contributed by atoms with E-state index in [1.165, 1.54) is 4.90 Å². The van der Waals surface area contributed by atoms with Crippen LogP contribution in [0.5, 0.6) is 0 Å². The molecule has 0 spiro atoms. The lowest BCUT2D eigenvalue weighted by Crippen LogP contribution is -2.60. The first-order valence-corrected chi connectivity index (χ1v) is 22.8. The summed E-state index contributed by atoms with van der Waals surface area (Å²) in [6.07, 6.45) is 4.12. The highest BCUT2D eigenvalue weighted by Crippen LogP contribution is 2.31. The molecule has 4 rings (SSSR count). The second-order valence-electron chi connectivity index (χ2n) is 16.2. The van der Waals surface area contributed by atoms with Gasteiger partial charge in [0.15, 0.2) is 6.10 Å². The molecule has 2 aromatic carbocycles. The quantitative estimate of drug-likeness (QED) is 0.0810. The summed E-state index contributed by atoms with van der Waals surface area (Å²) in [5, 5.41) is 8.12. The largest absolute Gasteiger partial charge is 0.372 e. The molecule has 0 radical (unpaired) electrons. The Bertz CT molecular complexity index is 1860. The molecule has 1 aliphatic heterocycles. The zero-order valence-electron chi connectivity index (χ0n) is 35.1. The van der Waals surface area contributed by atoms with Gasteiger partial charge in [-0.25, -0.2) is 13.1 Å². The average molecular weight is 855 g/mol. The molecule has 0 bridgehead atoms. The molecule has 2 fully saturated rings. The minimum absolute atomic E-state index is 0.0159. The number of nitrogens with zero attached hydrogens (tertiary/aromatic N) is 1. The summed E-state index contributed by atoms with van der Waals surface area (Å²) < 4.78 is 38.8. The van der Waals surface area contributed by atoms with E-state index in [1.807, 2.05) is 44.2 Å². The molecule has 1 aliphatic carbocycles. The minimum atomic E-state index is -3.78. The lowest BCUT2D eigenvalue weighted by atomic mass is 9.83. The first kappa shape index (κ1) is 48.0. The normalized spacial score (nSPS) is 19.2. The molecule has 17 heteroatoms. The van der Waals surface area contributed by atoms with Crippen molar-refractivity contribution < 1.29 is 46.7 Å². The van der Waals surface area contributed by atoms with E-state index in [4.69, 9.17) is 15.2 Å². The number of sulfonamides is 1. The van der Waals surface area contributed by atoms with Gasteiger partial charge in [-0.3, -0.25) is 28.8 Å². The summed E-state index contributed by atoms with van der Waals surface area (Å²) in [6.45, 7) is 5.50. The van der Waals surface area contributed by atoms with Crippen molar-refractivity contribution in [3.63, 3.8) is 0 Å². The van der Waals surface area contributed by atoms with Gasteiger partial charge in [0.2, 0.25) is 33.5 Å². The standard InChI is InChI=1S/C43H62N6O10S/c1-5-15-33(37(50)42(54)45-22-23-58-38(39(44)51)31-20-13-8-14-21-31)46-41(53)35-25-32(59-27-29-16-9-6-10-17-29)26-49(35)43(55)36(30-18-11-7-12-19-30)47-40(52)34(24-28(2)3)48-60(4,56)57/h6,8-10,13-14,16-17,20-21,28,30,32-36,38,48H,5,7,11-12,15,18-19,22-27H2,1-4H3,(H2,44,51)(H,45,54)(H,46,53)(H,47,52)/t32-,33?,34+,35+,36+,38?/m1/s1. The Morgan fingerprint density at radius 1 is 0.900 bits per heavy atom. The number of primary amides is 1. The zero-order valence-corrected chi connectivity index (χ0v) is 35.9. The first-order chi connectivity index (χ1) is 28.6. The van der Waals surface area contributed by atoms with Crippen molar-refractivity contribution in [1.82, 2.24) is 25.6 Å². The predicted molar refractivity (Wildman–Crippen MR) is 224 cm³/mol. The SMILES string of the molecule is CCCC(NC(=O)[C@@H]1C[C@@H](OCc2ccccc2)CN1C(=O)[C@@H](NC(=O)[C@H](CC(C)C)NS(C)(=O)=O)C1CCCCC1)C(=O)C(=O)NCCOC(C(N)=O)c1ccccc1. The number of Topliss-reactive ketones (excluding diaryl/α,β-unsaturated/α-hetero) is 1. The maximum absolute atomic E-state index is 14.8. The van der Waals surface area contributed by atoms with E-state index in [1.54, 1.807) is 37.3 Å². The van der Waals surface area contributed by atoms with Gasteiger partial charge < -0.3 is 36.1 Å². The van der Waals surface area contributed by atoms with Crippen molar-refractivity contribution in [1.29, 1.82) is 0 Å². The maximum atomic E-state index is 14.8. The van der Waals surface area contributed by atoms with E-state index in [0.29, 0.717) is 24.8 Å². The van der Waals surface area contributed by atoms with Crippen LogP contribution in [0.4, 0.5) is 0 Å². The monoisotopic (exact) mass is 854 g/mol. The Morgan fingerprint density at radius 2 is 1.55 bits per heavy atom. The molecule has 1 saturated heterocycles. The zero-order chi connectivity index (χ0) is 43.8. The van der Waals surface area contributed by atoms with E-state index in [2.05, 4.69) is 20.7 Å². The molecule has 6 N–H and O–H groups in total. The molecule has 2 unspecified atom stereocenters. The fraction of sp³-hybridized carbons (Fsp3) is 0.581. The van der Waals surface area contributed by atoms with Gasteiger partial charge >= 0.3 is 0 Å². The van der Waals surface area contributed by atoms with Crippen LogP contribution in [0.1, 0.15) is 95.8 Å². The van der Waals surface area contributed by atoms with Gasteiger partial charge in [-0.05, 0) is 48.6 Å². The number of carbonyl (C=O) groups is 6. The molecule has 330 valence electrons. The van der Waals surface area contributed by atoms with Gasteiger partial charge in [-0.2, -0.15) is 0 Å². The second-order valence-corrected chi connectivity index (χ2v) is 17.9. The summed E-state index contributed by atoms with van der Waals surface area (Å²) in [5.41, 5.74) is 6.94. The number of carbonyl (C=O) groups excluding carboxylic acids is 6. The van der Waals surface area contributed by atoms with Crippen LogP contribution >= 0.6 is 0 Å². The van der Waals surface area contributed by atoms with Gasteiger partial charge in [-0.15, -0.1) is 0 Å². The van der Waals surface area contributed by atoms with Gasteiger partial charge in [-0.1, -0.05) is 107 Å². The average Bonchev–Trinajstić information content (AvgIpc) is 3.66. The van der Waals surface area contributed by atoms with Crippen LogP contribution < -0.4 is 26.4 Å². The minimum Gasteiger partial charge on any atom is -0.372 e. The van der Waals surface area contributed by atoms with E-state index in [-0.39, 0.29) is 57.4 Å². The molecule has 6 atom stereocenters. The smallest absolute Gasteiger partial charge is 0.289 e. The molecule has 2 aliphatic rings. The molecular weight excluding hydrogens is 793 g/mol. The molecule has 5 amide bonds. The number of amides is 5. The number of benzene rings is 2. The Morgan fingerprint density at radius 3 is 2.15 bits per heavy atom. The molecule has 1 heterocycles. The lowest BCUT2D eigenvalue weighted by Gasteiger charge is -2.35. The number of hydrogen-bond donors (Lipinski definition) is 5. The Hall–Kier alpha value is -4.71. The van der Waals surface area contributed by atoms with Crippen LogP contribution in [0.25, 0.3) is 0 Å². The van der Waals surface area contributed by atoms with Crippen molar-refractivity contribution in [2.45, 2.75) is 122 Å². The van der Waals surface area contributed by atoms with Gasteiger partial charge in [0.05, 0.1) is 31.6 Å². The topological polar surface area (TPSA) is 232 Å². The number of nitrogens with two attached hydrogens (primary N) is 1. The predicted octanol–water partition coefficient (Wildman–Crippen LogP) is 2.42. The van der Waals surface area contributed by atoms with Crippen molar-refractivity contribution in [3.8, 4) is 0 Å². The van der Waals surface area contributed by atoms with E-state index < -0.39 is 81.7 Å². The molecule has 60 heavy (non-hydrogen) atoms. The Kier molecular flexibility index (Phi) is 18.7. The van der Waals surface area contributed by atoms with Gasteiger partial charge in [0.1, 0.15) is 18.1 Å². The number of likely N-dealkylation sites (tertiary alicyclic amines) is 1. The van der Waals surface area contributed by atoms with E-state index in [9.17, 15) is 37.2 Å². The Balaban J connectivity index is 1.52. The van der Waals surface area contributed by atoms with Crippen LogP contribution in [-0.4, -0.2) is 105 Å². The highest BCUT2D eigenvalue weighted by atomic mass is 32.2. The summed E-state index contributed by atoms with van der Waals surface area (Å²) in [6, 6.07) is 13.5. The molecule has 1 saturated carbocycles. The summed E-state index contributed by atoms with van der Waals surface area (Å²) in [7, 11) is -3.78. The molecule has 0 aromatic heterocycles. The fourth-order valence-electron chi connectivity index (χ4n) is 7.80. The van der Waals surface area contributed by atoms with Crippen LogP contribution in [-0.2, 0) is 54.9 Å². The van der Waals surface area contributed by atoms with Gasteiger partial charge in [0.25, 0.3) is 11.8 Å². The van der Waals surface area contributed by atoms with E-state index >= 15 is 0 Å². The summed E-state index contributed by atoms with van der Waals surface area (Å²) >= 11 is 0. The van der Waals surface area contributed by atoms with Crippen LogP contribution in [0.15, 0.2) is 60.7 Å². The molecule has 16 nitrogen and oxygen atoms in total. The third-order valence-corrected chi connectivity index (χ3v) is 11.4. The number of rotatable bonds is 23. The second kappa shape index (κ2) is 23.3. The van der Waals surface area contributed by atoms with Crippen molar-refractivity contribution in [2.75, 3.05) is 26.0 Å². The first-order valence-electron chi connectivity index (χ1n) is 20.9. The van der Waals surface area contributed by atoms with Crippen LogP contribution in [0.3, 0.4) is 0 Å². The molecular formula is C43H62N6O10S. The number of hydrogen-bond acceptors (Lipinski definition) is 10. The number of ketones is 1. The van der Waals surface area contributed by atoms with Crippen molar-refractivity contribution in [3.05, 3.63) is 71.8 Å². The van der Waals surface area contributed by atoms with E-state index in [0.717, 1.165) is 31.1 Å². The highest BCUT2D eigenvalue weighted by Gasteiger charge is 2.46. The summed E-state index contributed by atoms with van der Waals surface area (Å²) in [4.78, 5) is 82.9. The van der Waals surface area contributed by atoms with Crippen LogP contribution in [0, 0.1) is 11.8 Å². The fourth-order valence-corrected chi connectivity index (χ4v) is 8.52. The van der Waals surface area contributed by atoms with Crippen molar-refractivity contribution in [2.24, 2.45) is 17.6 Å². The maximum Gasteiger partial charge on any atom is 0.289 e. The highest BCUT2D eigenvalue weighted by molar-refractivity contribution is 7.88. The third-order valence-electron chi connectivity index (χ3n) is 10.7. The lowest BCUT2D eigenvalue weighted by molar-refractivity contribution is -0.144. The number of nitrogens with one attached hydrogen (secondary N) is 4. The molecule has 2 aromatic rings.